The first-order valence-electron chi connectivity index (χ1n) is 6.56. The number of rotatable bonds is 4. The summed E-state index contributed by atoms with van der Waals surface area (Å²) in [4.78, 5) is 2.47. The van der Waals surface area contributed by atoms with Crippen molar-refractivity contribution >= 4 is 17.3 Å². The van der Waals surface area contributed by atoms with Gasteiger partial charge in [0.1, 0.15) is 0 Å². The topological polar surface area (TPSA) is 15.3 Å². The molecule has 0 aromatic heterocycles. The molecule has 0 atom stereocenters. The van der Waals surface area contributed by atoms with Crippen LogP contribution in [-0.2, 0) is 6.54 Å². The third-order valence-corrected chi connectivity index (χ3v) is 3.70. The van der Waals surface area contributed by atoms with Crippen molar-refractivity contribution in [3.63, 3.8) is 0 Å². The lowest BCUT2D eigenvalue weighted by Crippen LogP contribution is -2.31. The third-order valence-electron chi connectivity index (χ3n) is 3.34. The summed E-state index contributed by atoms with van der Waals surface area (Å²) in [6.07, 6.45) is 3.96. The fraction of sp³-hybridized carbons (Fsp3) is 0.571. The van der Waals surface area contributed by atoms with Gasteiger partial charge in [-0.15, -0.1) is 0 Å². The Kier molecular flexibility index (Phi) is 4.69. The van der Waals surface area contributed by atoms with Crippen molar-refractivity contribution in [1.82, 2.24) is 5.32 Å². The minimum atomic E-state index is 0.863. The lowest BCUT2D eigenvalue weighted by atomic mass is 10.1. The van der Waals surface area contributed by atoms with E-state index in [1.807, 2.05) is 6.07 Å². The van der Waals surface area contributed by atoms with E-state index >= 15 is 0 Å². The molecule has 1 N–H and O–H groups in total. The Hall–Kier alpha value is -0.730. The minimum absolute atomic E-state index is 0.863. The summed E-state index contributed by atoms with van der Waals surface area (Å²) in [5.41, 5.74) is 2.57. The lowest BCUT2D eigenvalue weighted by molar-refractivity contribution is 0.575. The van der Waals surface area contributed by atoms with E-state index in [1.54, 1.807) is 0 Å². The Bertz CT molecular complexity index is 359. The van der Waals surface area contributed by atoms with E-state index in [2.05, 4.69) is 29.3 Å². The third kappa shape index (κ3) is 3.14. The predicted octanol–water partition coefficient (Wildman–Crippen LogP) is 3.44. The molecule has 1 aliphatic rings. The smallest absolute Gasteiger partial charge is 0.0471 e. The van der Waals surface area contributed by atoms with E-state index in [0.717, 1.165) is 18.1 Å². The van der Waals surface area contributed by atoms with Gasteiger partial charge < -0.3 is 10.2 Å². The molecule has 1 aromatic rings. The average Bonchev–Trinajstić information content (AvgIpc) is 2.38. The van der Waals surface area contributed by atoms with Crippen LogP contribution in [0.2, 0.25) is 5.02 Å². The van der Waals surface area contributed by atoms with Crippen LogP contribution in [0.4, 0.5) is 5.69 Å². The molecule has 17 heavy (non-hydrogen) atoms. The molecule has 1 heterocycles. The van der Waals surface area contributed by atoms with E-state index in [9.17, 15) is 0 Å². The number of nitrogens with zero attached hydrogens (tertiary/aromatic N) is 1. The van der Waals surface area contributed by atoms with E-state index in [4.69, 9.17) is 11.6 Å². The van der Waals surface area contributed by atoms with Crippen LogP contribution in [0.5, 0.6) is 0 Å². The number of benzene rings is 1. The second-order valence-corrected chi connectivity index (χ2v) is 4.97. The fourth-order valence-electron chi connectivity index (χ4n) is 2.40. The van der Waals surface area contributed by atoms with Gasteiger partial charge in [-0.05, 0) is 37.9 Å². The van der Waals surface area contributed by atoms with Crippen LogP contribution in [0.1, 0.15) is 31.7 Å². The highest BCUT2D eigenvalue weighted by molar-refractivity contribution is 6.31. The molecular weight excluding hydrogens is 232 g/mol. The van der Waals surface area contributed by atoms with Crippen LogP contribution in [0.15, 0.2) is 18.2 Å². The summed E-state index contributed by atoms with van der Waals surface area (Å²) in [5.74, 6) is 0. The molecule has 0 unspecified atom stereocenters. The van der Waals surface area contributed by atoms with Crippen LogP contribution in [0.3, 0.4) is 0 Å². The standard InChI is InChI=1S/C14H21ClN2/c1-2-16-11-12-13(15)7-6-8-14(12)17-9-4-3-5-10-17/h6-8,16H,2-5,9-11H2,1H3. The first-order valence-corrected chi connectivity index (χ1v) is 6.93. The molecule has 1 aromatic carbocycles. The number of hydrogen-bond acceptors (Lipinski definition) is 2. The molecule has 1 aliphatic heterocycles. The summed E-state index contributed by atoms with van der Waals surface area (Å²) >= 11 is 6.32. The van der Waals surface area contributed by atoms with E-state index < -0.39 is 0 Å². The normalized spacial score (nSPS) is 16.2. The van der Waals surface area contributed by atoms with Crippen molar-refractivity contribution in [2.24, 2.45) is 0 Å². The summed E-state index contributed by atoms with van der Waals surface area (Å²) < 4.78 is 0. The molecule has 1 saturated heterocycles. The van der Waals surface area contributed by atoms with Gasteiger partial charge in [0.05, 0.1) is 0 Å². The maximum absolute atomic E-state index is 6.32. The van der Waals surface area contributed by atoms with Crippen molar-refractivity contribution in [1.29, 1.82) is 0 Å². The van der Waals surface area contributed by atoms with Crippen molar-refractivity contribution < 1.29 is 0 Å². The van der Waals surface area contributed by atoms with Gasteiger partial charge >= 0.3 is 0 Å². The molecular formula is C14H21ClN2. The highest BCUT2D eigenvalue weighted by atomic mass is 35.5. The van der Waals surface area contributed by atoms with Gasteiger partial charge in [-0.25, -0.2) is 0 Å². The van der Waals surface area contributed by atoms with Crippen LogP contribution in [0, 0.1) is 0 Å². The zero-order chi connectivity index (χ0) is 12.1. The molecule has 1 fully saturated rings. The number of hydrogen-bond donors (Lipinski definition) is 1. The number of halogens is 1. The van der Waals surface area contributed by atoms with Gasteiger partial charge in [0, 0.05) is 35.9 Å². The number of anilines is 1. The minimum Gasteiger partial charge on any atom is -0.371 e. The Balaban J connectivity index is 2.21. The Morgan fingerprint density at radius 3 is 2.71 bits per heavy atom. The van der Waals surface area contributed by atoms with E-state index in [0.29, 0.717) is 0 Å². The zero-order valence-electron chi connectivity index (χ0n) is 10.5. The molecule has 0 radical (unpaired) electrons. The summed E-state index contributed by atoms with van der Waals surface area (Å²) in [5, 5.41) is 4.26. The maximum Gasteiger partial charge on any atom is 0.0471 e. The van der Waals surface area contributed by atoms with Gasteiger partial charge in [-0.3, -0.25) is 0 Å². The van der Waals surface area contributed by atoms with E-state index in [-0.39, 0.29) is 0 Å². The quantitative estimate of drug-likeness (QED) is 0.883. The Labute approximate surface area is 109 Å². The average molecular weight is 253 g/mol. The Morgan fingerprint density at radius 2 is 2.00 bits per heavy atom. The molecule has 0 amide bonds. The second kappa shape index (κ2) is 6.27. The molecule has 2 rings (SSSR count). The Morgan fingerprint density at radius 1 is 1.24 bits per heavy atom. The predicted molar refractivity (Wildman–Crippen MR) is 74.9 cm³/mol. The van der Waals surface area contributed by atoms with E-state index in [1.165, 1.54) is 43.6 Å². The van der Waals surface area contributed by atoms with Gasteiger partial charge in [-0.1, -0.05) is 24.6 Å². The molecule has 0 bridgehead atoms. The monoisotopic (exact) mass is 252 g/mol. The number of nitrogens with one attached hydrogen (secondary N) is 1. The molecule has 0 aliphatic carbocycles. The van der Waals surface area contributed by atoms with Crippen LogP contribution in [-0.4, -0.2) is 19.6 Å². The fourth-order valence-corrected chi connectivity index (χ4v) is 2.64. The molecule has 0 spiro atoms. The number of piperidine rings is 1. The maximum atomic E-state index is 6.32. The molecule has 94 valence electrons. The largest absolute Gasteiger partial charge is 0.371 e. The van der Waals surface area contributed by atoms with Crippen LogP contribution in [0.25, 0.3) is 0 Å². The molecule has 0 saturated carbocycles. The van der Waals surface area contributed by atoms with Gasteiger partial charge in [0.25, 0.3) is 0 Å². The van der Waals surface area contributed by atoms with Gasteiger partial charge in [0.2, 0.25) is 0 Å². The lowest BCUT2D eigenvalue weighted by Gasteiger charge is -2.31. The van der Waals surface area contributed by atoms with Crippen molar-refractivity contribution in [2.75, 3.05) is 24.5 Å². The molecule has 2 nitrogen and oxygen atoms in total. The summed E-state index contributed by atoms with van der Waals surface area (Å²) in [7, 11) is 0. The first kappa shape index (κ1) is 12.7. The van der Waals surface area contributed by atoms with Crippen LogP contribution < -0.4 is 10.2 Å². The van der Waals surface area contributed by atoms with Crippen LogP contribution >= 0.6 is 11.6 Å². The first-order chi connectivity index (χ1) is 8.33. The van der Waals surface area contributed by atoms with Crippen molar-refractivity contribution in [2.45, 2.75) is 32.7 Å². The van der Waals surface area contributed by atoms with Gasteiger partial charge in [-0.2, -0.15) is 0 Å². The van der Waals surface area contributed by atoms with Crippen molar-refractivity contribution in [3.05, 3.63) is 28.8 Å². The highest BCUT2D eigenvalue weighted by Gasteiger charge is 2.15. The summed E-state index contributed by atoms with van der Waals surface area (Å²) in [6, 6.07) is 6.24. The SMILES string of the molecule is CCNCc1c(Cl)cccc1N1CCCCC1. The summed E-state index contributed by atoms with van der Waals surface area (Å²) in [6.45, 7) is 6.29. The van der Waals surface area contributed by atoms with Crippen molar-refractivity contribution in [3.8, 4) is 0 Å². The van der Waals surface area contributed by atoms with Gasteiger partial charge in [0.15, 0.2) is 0 Å². The molecule has 3 heteroatoms. The second-order valence-electron chi connectivity index (χ2n) is 4.57. The highest BCUT2D eigenvalue weighted by Crippen LogP contribution is 2.29. The zero-order valence-corrected chi connectivity index (χ0v) is 11.3.